The third-order valence-corrected chi connectivity index (χ3v) is 3.67. The van der Waals surface area contributed by atoms with Gasteiger partial charge in [-0.25, -0.2) is 9.78 Å². The SMILES string of the molecule is Cc1ccc(NC(=O)C(C)(C)C)cc1NC(=O)c1ccnc(C(=O)O)c1. The number of benzene rings is 1. The van der Waals surface area contributed by atoms with E-state index in [9.17, 15) is 14.4 Å². The molecule has 0 saturated heterocycles. The van der Waals surface area contributed by atoms with E-state index < -0.39 is 17.3 Å². The van der Waals surface area contributed by atoms with Crippen LogP contribution < -0.4 is 10.6 Å². The Morgan fingerprint density at radius 2 is 1.73 bits per heavy atom. The number of aromatic nitrogens is 1. The van der Waals surface area contributed by atoms with Gasteiger partial charge in [-0.15, -0.1) is 0 Å². The highest BCUT2D eigenvalue weighted by Crippen LogP contribution is 2.23. The minimum absolute atomic E-state index is 0.140. The van der Waals surface area contributed by atoms with Crippen molar-refractivity contribution in [2.75, 3.05) is 10.6 Å². The standard InChI is InChI=1S/C19H21N3O4/c1-11-5-6-13(21-18(26)19(2,3)4)10-14(11)22-16(23)12-7-8-20-15(9-12)17(24)25/h5-10H,1-4H3,(H,21,26)(H,22,23)(H,24,25). The Kier molecular flexibility index (Phi) is 5.40. The summed E-state index contributed by atoms with van der Waals surface area (Å²) in [5.41, 5.74) is 1.32. The van der Waals surface area contributed by atoms with Gasteiger partial charge >= 0.3 is 5.97 Å². The molecule has 1 aromatic carbocycles. The maximum atomic E-state index is 12.4. The number of anilines is 2. The second-order valence-corrected chi connectivity index (χ2v) is 6.92. The van der Waals surface area contributed by atoms with Crippen LogP contribution in [0.1, 0.15) is 47.2 Å². The number of carbonyl (C=O) groups is 3. The van der Waals surface area contributed by atoms with E-state index in [4.69, 9.17) is 5.11 Å². The third-order valence-electron chi connectivity index (χ3n) is 3.67. The molecule has 0 atom stereocenters. The Labute approximate surface area is 151 Å². The van der Waals surface area contributed by atoms with Crippen LogP contribution in [-0.4, -0.2) is 27.9 Å². The molecule has 0 aliphatic carbocycles. The summed E-state index contributed by atoms with van der Waals surface area (Å²) in [5.74, 6) is -1.81. The van der Waals surface area contributed by atoms with Crippen molar-refractivity contribution in [3.63, 3.8) is 0 Å². The van der Waals surface area contributed by atoms with E-state index in [1.54, 1.807) is 18.2 Å². The Morgan fingerprint density at radius 1 is 1.04 bits per heavy atom. The van der Waals surface area contributed by atoms with Crippen molar-refractivity contribution in [2.24, 2.45) is 5.41 Å². The van der Waals surface area contributed by atoms with Crippen molar-refractivity contribution in [2.45, 2.75) is 27.7 Å². The molecule has 136 valence electrons. The van der Waals surface area contributed by atoms with Gasteiger partial charge in [0.1, 0.15) is 5.69 Å². The fraction of sp³-hybridized carbons (Fsp3) is 0.263. The molecule has 0 fully saturated rings. The molecular formula is C19H21N3O4. The lowest BCUT2D eigenvalue weighted by molar-refractivity contribution is -0.123. The van der Waals surface area contributed by atoms with E-state index in [1.165, 1.54) is 18.3 Å². The van der Waals surface area contributed by atoms with Crippen molar-refractivity contribution in [3.8, 4) is 0 Å². The van der Waals surface area contributed by atoms with E-state index in [2.05, 4.69) is 15.6 Å². The van der Waals surface area contributed by atoms with Crippen molar-refractivity contribution >= 4 is 29.2 Å². The Bertz CT molecular complexity index is 869. The van der Waals surface area contributed by atoms with E-state index >= 15 is 0 Å². The second kappa shape index (κ2) is 7.35. The number of pyridine rings is 1. The van der Waals surface area contributed by atoms with Crippen molar-refractivity contribution in [1.82, 2.24) is 4.98 Å². The summed E-state index contributed by atoms with van der Waals surface area (Å²) >= 11 is 0. The van der Waals surface area contributed by atoms with E-state index in [0.717, 1.165) is 5.56 Å². The van der Waals surface area contributed by atoms with Crippen LogP contribution in [0.2, 0.25) is 0 Å². The second-order valence-electron chi connectivity index (χ2n) is 6.92. The lowest BCUT2D eigenvalue weighted by Gasteiger charge is -2.18. The van der Waals surface area contributed by atoms with Crippen molar-refractivity contribution in [1.29, 1.82) is 0 Å². The van der Waals surface area contributed by atoms with Gasteiger partial charge in [-0.2, -0.15) is 0 Å². The zero-order chi connectivity index (χ0) is 19.5. The first-order chi connectivity index (χ1) is 12.1. The molecule has 7 heteroatoms. The fourth-order valence-corrected chi connectivity index (χ4v) is 2.04. The minimum Gasteiger partial charge on any atom is -0.477 e. The molecule has 0 bridgehead atoms. The van der Waals surface area contributed by atoms with Gasteiger partial charge in [0.05, 0.1) is 0 Å². The zero-order valence-electron chi connectivity index (χ0n) is 15.1. The molecule has 0 spiro atoms. The number of carbonyl (C=O) groups excluding carboxylic acids is 2. The molecule has 7 nitrogen and oxygen atoms in total. The van der Waals surface area contributed by atoms with Gasteiger partial charge in [-0.05, 0) is 36.8 Å². The minimum atomic E-state index is -1.21. The summed E-state index contributed by atoms with van der Waals surface area (Å²) < 4.78 is 0. The number of carboxylic acids is 1. The largest absolute Gasteiger partial charge is 0.477 e. The zero-order valence-corrected chi connectivity index (χ0v) is 15.1. The Hall–Kier alpha value is -3.22. The monoisotopic (exact) mass is 355 g/mol. The number of aryl methyl sites for hydroxylation is 1. The summed E-state index contributed by atoms with van der Waals surface area (Å²) in [6.45, 7) is 7.24. The number of aromatic carboxylic acids is 1. The number of carboxylic acid groups (broad SMARTS) is 1. The molecule has 0 radical (unpaired) electrons. The predicted molar refractivity (Wildman–Crippen MR) is 98.4 cm³/mol. The van der Waals surface area contributed by atoms with Crippen LogP contribution in [0, 0.1) is 12.3 Å². The molecule has 0 aliphatic heterocycles. The van der Waals surface area contributed by atoms with Crippen LogP contribution in [0.5, 0.6) is 0 Å². The molecule has 2 aromatic rings. The van der Waals surface area contributed by atoms with Gasteiger partial charge in [0, 0.05) is 28.6 Å². The van der Waals surface area contributed by atoms with E-state index in [1.807, 2.05) is 27.7 Å². The van der Waals surface area contributed by atoms with Crippen molar-refractivity contribution in [3.05, 3.63) is 53.3 Å². The normalized spacial score (nSPS) is 10.9. The first-order valence-electron chi connectivity index (χ1n) is 8.01. The molecule has 2 rings (SSSR count). The number of hydrogen-bond donors (Lipinski definition) is 3. The maximum absolute atomic E-state index is 12.4. The maximum Gasteiger partial charge on any atom is 0.354 e. The summed E-state index contributed by atoms with van der Waals surface area (Å²) in [6, 6.07) is 7.84. The average Bonchev–Trinajstić information content (AvgIpc) is 2.57. The summed E-state index contributed by atoms with van der Waals surface area (Å²) in [4.78, 5) is 39.2. The first kappa shape index (κ1) is 19.1. The summed E-state index contributed by atoms with van der Waals surface area (Å²) in [7, 11) is 0. The lowest BCUT2D eigenvalue weighted by Crippen LogP contribution is -2.27. The van der Waals surface area contributed by atoms with Gasteiger partial charge in [0.2, 0.25) is 5.91 Å². The topological polar surface area (TPSA) is 108 Å². The third kappa shape index (κ3) is 4.66. The Balaban J connectivity index is 2.22. The number of hydrogen-bond acceptors (Lipinski definition) is 4. The van der Waals surface area contributed by atoms with E-state index in [-0.39, 0.29) is 17.2 Å². The predicted octanol–water partition coefficient (Wildman–Crippen LogP) is 3.33. The van der Waals surface area contributed by atoms with Crippen molar-refractivity contribution < 1.29 is 19.5 Å². The average molecular weight is 355 g/mol. The quantitative estimate of drug-likeness (QED) is 0.779. The molecule has 0 saturated carbocycles. The van der Waals surface area contributed by atoms with Crippen LogP contribution in [0.15, 0.2) is 36.5 Å². The molecule has 1 aromatic heterocycles. The smallest absolute Gasteiger partial charge is 0.354 e. The summed E-state index contributed by atoms with van der Waals surface area (Å²) in [6.07, 6.45) is 1.27. The highest BCUT2D eigenvalue weighted by Gasteiger charge is 2.21. The molecule has 0 unspecified atom stereocenters. The Morgan fingerprint density at radius 3 is 2.35 bits per heavy atom. The molecule has 0 aliphatic rings. The fourth-order valence-electron chi connectivity index (χ4n) is 2.04. The van der Waals surface area contributed by atoms with Gasteiger partial charge < -0.3 is 15.7 Å². The number of rotatable bonds is 4. The lowest BCUT2D eigenvalue weighted by atomic mass is 9.95. The van der Waals surface area contributed by atoms with E-state index in [0.29, 0.717) is 11.4 Å². The van der Waals surface area contributed by atoms with Crippen LogP contribution in [0.25, 0.3) is 0 Å². The van der Waals surface area contributed by atoms with Crippen LogP contribution in [0.3, 0.4) is 0 Å². The van der Waals surface area contributed by atoms with Crippen LogP contribution in [0.4, 0.5) is 11.4 Å². The van der Waals surface area contributed by atoms with Gasteiger partial charge in [0.25, 0.3) is 5.91 Å². The molecular weight excluding hydrogens is 334 g/mol. The molecule has 1 heterocycles. The van der Waals surface area contributed by atoms with Gasteiger partial charge in [0.15, 0.2) is 0 Å². The van der Waals surface area contributed by atoms with Gasteiger partial charge in [-0.1, -0.05) is 26.8 Å². The highest BCUT2D eigenvalue weighted by molar-refractivity contribution is 6.06. The van der Waals surface area contributed by atoms with Crippen LogP contribution >= 0.6 is 0 Å². The van der Waals surface area contributed by atoms with Gasteiger partial charge in [-0.3, -0.25) is 9.59 Å². The highest BCUT2D eigenvalue weighted by atomic mass is 16.4. The molecule has 2 amide bonds. The molecule has 26 heavy (non-hydrogen) atoms. The number of amides is 2. The number of nitrogens with zero attached hydrogens (tertiary/aromatic N) is 1. The number of nitrogens with one attached hydrogen (secondary N) is 2. The first-order valence-corrected chi connectivity index (χ1v) is 8.01. The van der Waals surface area contributed by atoms with Crippen LogP contribution in [-0.2, 0) is 4.79 Å². The molecule has 3 N–H and O–H groups in total. The summed E-state index contributed by atoms with van der Waals surface area (Å²) in [5, 5.41) is 14.5.